The molecule has 1 aliphatic carbocycles. The second-order valence-corrected chi connectivity index (χ2v) is 6.06. The van der Waals surface area contributed by atoms with Crippen LogP contribution in [0.4, 0.5) is 0 Å². The molecule has 0 aromatic heterocycles. The molecule has 0 saturated heterocycles. The molecule has 98 valence electrons. The Kier molecular flexibility index (Phi) is 3.55. The normalized spacial score (nSPS) is 22.9. The Morgan fingerprint density at radius 1 is 1.24 bits per heavy atom. The van der Waals surface area contributed by atoms with Crippen molar-refractivity contribution in [2.75, 3.05) is 0 Å². The smallest absolute Gasteiger partial charge is 0.326 e. The van der Waals surface area contributed by atoms with Crippen LogP contribution >= 0.6 is 0 Å². The predicted octanol–water partition coefficient (Wildman–Crippen LogP) is 2.04. The van der Waals surface area contributed by atoms with E-state index in [1.54, 1.807) is 0 Å². The number of nitrogens with one attached hydrogen (secondary N) is 1. The van der Waals surface area contributed by atoms with Crippen LogP contribution in [0.3, 0.4) is 0 Å². The largest absolute Gasteiger partial charge is 0.480 e. The van der Waals surface area contributed by atoms with Crippen LogP contribution in [-0.2, 0) is 9.59 Å². The summed E-state index contributed by atoms with van der Waals surface area (Å²) < 4.78 is 0. The number of hydrogen-bond acceptors (Lipinski definition) is 2. The van der Waals surface area contributed by atoms with Crippen LogP contribution in [0.25, 0.3) is 0 Å². The van der Waals surface area contributed by atoms with Gasteiger partial charge in [-0.3, -0.25) is 4.79 Å². The van der Waals surface area contributed by atoms with E-state index in [1.807, 2.05) is 34.6 Å². The molecule has 0 aromatic carbocycles. The Morgan fingerprint density at radius 2 is 1.71 bits per heavy atom. The highest BCUT2D eigenvalue weighted by atomic mass is 16.4. The van der Waals surface area contributed by atoms with E-state index in [4.69, 9.17) is 5.11 Å². The fourth-order valence-electron chi connectivity index (χ4n) is 2.65. The number of carboxylic acids is 1. The number of amides is 1. The first-order chi connectivity index (χ1) is 7.66. The van der Waals surface area contributed by atoms with Crippen molar-refractivity contribution in [1.82, 2.24) is 5.32 Å². The van der Waals surface area contributed by atoms with E-state index >= 15 is 0 Å². The van der Waals surface area contributed by atoms with Crippen LogP contribution in [0.2, 0.25) is 0 Å². The molecule has 1 atom stereocenters. The van der Waals surface area contributed by atoms with Crippen molar-refractivity contribution >= 4 is 11.9 Å². The number of carbonyl (C=O) groups excluding carboxylic acids is 1. The zero-order valence-corrected chi connectivity index (χ0v) is 11.3. The maximum Gasteiger partial charge on any atom is 0.326 e. The molecule has 0 radical (unpaired) electrons. The van der Waals surface area contributed by atoms with Crippen molar-refractivity contribution in [2.45, 2.75) is 53.5 Å². The standard InChI is InChI=1S/C13H23NO3/c1-6-7-8(11(16)17)14-10(15)9-12(2,3)13(9,4)5/h8-9H,6-7H2,1-5H3,(H,14,15)(H,16,17). The molecule has 2 N–H and O–H groups in total. The SMILES string of the molecule is CCCC(NC(=O)C1C(C)(C)C1(C)C)C(=O)O. The first kappa shape index (κ1) is 14.0. The van der Waals surface area contributed by atoms with Gasteiger partial charge in [-0.25, -0.2) is 4.79 Å². The third-order valence-electron chi connectivity index (χ3n) is 4.47. The second kappa shape index (κ2) is 4.31. The summed E-state index contributed by atoms with van der Waals surface area (Å²) in [6, 6.07) is -0.750. The lowest BCUT2D eigenvalue weighted by molar-refractivity contribution is -0.142. The van der Waals surface area contributed by atoms with Crippen molar-refractivity contribution in [3.05, 3.63) is 0 Å². The molecular weight excluding hydrogens is 218 g/mol. The Labute approximate surface area is 103 Å². The van der Waals surface area contributed by atoms with Crippen molar-refractivity contribution in [3.63, 3.8) is 0 Å². The van der Waals surface area contributed by atoms with E-state index < -0.39 is 12.0 Å². The van der Waals surface area contributed by atoms with Gasteiger partial charge in [0.2, 0.25) is 5.91 Å². The van der Waals surface area contributed by atoms with Crippen LogP contribution in [0.5, 0.6) is 0 Å². The van der Waals surface area contributed by atoms with E-state index in [0.717, 1.165) is 6.42 Å². The number of rotatable bonds is 5. The summed E-state index contributed by atoms with van der Waals surface area (Å²) in [4.78, 5) is 23.0. The molecule has 0 bridgehead atoms. The Morgan fingerprint density at radius 3 is 2.00 bits per heavy atom. The Balaban J connectivity index is 2.65. The molecule has 0 spiro atoms. The molecule has 0 aliphatic heterocycles. The van der Waals surface area contributed by atoms with Crippen molar-refractivity contribution in [1.29, 1.82) is 0 Å². The maximum atomic E-state index is 12.1. The van der Waals surface area contributed by atoms with Crippen LogP contribution in [0.15, 0.2) is 0 Å². The van der Waals surface area contributed by atoms with E-state index in [9.17, 15) is 9.59 Å². The first-order valence-corrected chi connectivity index (χ1v) is 6.19. The molecule has 1 aliphatic rings. The number of aliphatic carboxylic acids is 1. The summed E-state index contributed by atoms with van der Waals surface area (Å²) in [6.07, 6.45) is 1.23. The molecule has 4 heteroatoms. The average Bonchev–Trinajstić information content (AvgIpc) is 2.56. The Bertz CT molecular complexity index is 320. The van der Waals surface area contributed by atoms with Crippen LogP contribution in [0, 0.1) is 16.7 Å². The molecule has 1 amide bonds. The van der Waals surface area contributed by atoms with E-state index in [0.29, 0.717) is 6.42 Å². The molecule has 1 saturated carbocycles. The fraction of sp³-hybridized carbons (Fsp3) is 0.846. The minimum absolute atomic E-state index is 0.0493. The fourth-order valence-corrected chi connectivity index (χ4v) is 2.65. The average molecular weight is 241 g/mol. The lowest BCUT2D eigenvalue weighted by Gasteiger charge is -2.14. The van der Waals surface area contributed by atoms with Crippen LogP contribution in [-0.4, -0.2) is 23.0 Å². The molecule has 17 heavy (non-hydrogen) atoms. The highest BCUT2D eigenvalue weighted by Crippen LogP contribution is 2.68. The van der Waals surface area contributed by atoms with Gasteiger partial charge in [0, 0.05) is 5.92 Å². The lowest BCUT2D eigenvalue weighted by Crippen LogP contribution is -2.42. The van der Waals surface area contributed by atoms with Gasteiger partial charge in [0.15, 0.2) is 0 Å². The summed E-state index contributed by atoms with van der Waals surface area (Å²) >= 11 is 0. The number of carboxylic acid groups (broad SMARTS) is 1. The molecule has 1 unspecified atom stereocenters. The van der Waals surface area contributed by atoms with Gasteiger partial charge in [0.25, 0.3) is 0 Å². The van der Waals surface area contributed by atoms with E-state index in [-0.39, 0.29) is 22.7 Å². The number of carbonyl (C=O) groups is 2. The van der Waals surface area contributed by atoms with E-state index in [1.165, 1.54) is 0 Å². The van der Waals surface area contributed by atoms with Gasteiger partial charge in [0.1, 0.15) is 6.04 Å². The van der Waals surface area contributed by atoms with Crippen molar-refractivity contribution < 1.29 is 14.7 Å². The summed E-state index contributed by atoms with van der Waals surface area (Å²) in [5.41, 5.74) is -0.0985. The molecular formula is C13H23NO3. The Hall–Kier alpha value is -1.06. The molecule has 1 fully saturated rings. The van der Waals surface area contributed by atoms with Crippen LogP contribution < -0.4 is 5.32 Å². The van der Waals surface area contributed by atoms with Gasteiger partial charge in [0.05, 0.1) is 0 Å². The van der Waals surface area contributed by atoms with Crippen molar-refractivity contribution in [2.24, 2.45) is 16.7 Å². The summed E-state index contributed by atoms with van der Waals surface area (Å²) in [5.74, 6) is -1.16. The molecule has 0 aromatic rings. The van der Waals surface area contributed by atoms with E-state index in [2.05, 4.69) is 5.32 Å². The van der Waals surface area contributed by atoms with Gasteiger partial charge in [-0.05, 0) is 17.3 Å². The summed E-state index contributed by atoms with van der Waals surface area (Å²) in [5, 5.41) is 11.7. The molecule has 4 nitrogen and oxygen atoms in total. The monoisotopic (exact) mass is 241 g/mol. The molecule has 0 heterocycles. The zero-order valence-electron chi connectivity index (χ0n) is 11.3. The second-order valence-electron chi connectivity index (χ2n) is 6.06. The minimum atomic E-state index is -0.948. The molecule has 1 rings (SSSR count). The highest BCUT2D eigenvalue weighted by molar-refractivity contribution is 5.88. The van der Waals surface area contributed by atoms with Gasteiger partial charge >= 0.3 is 5.97 Å². The highest BCUT2D eigenvalue weighted by Gasteiger charge is 2.68. The summed E-state index contributed by atoms with van der Waals surface area (Å²) in [7, 11) is 0. The number of hydrogen-bond donors (Lipinski definition) is 2. The maximum absolute atomic E-state index is 12.1. The first-order valence-electron chi connectivity index (χ1n) is 6.19. The van der Waals surface area contributed by atoms with Crippen LogP contribution in [0.1, 0.15) is 47.5 Å². The predicted molar refractivity (Wildman–Crippen MR) is 65.5 cm³/mol. The van der Waals surface area contributed by atoms with Gasteiger partial charge < -0.3 is 10.4 Å². The minimum Gasteiger partial charge on any atom is -0.480 e. The van der Waals surface area contributed by atoms with Gasteiger partial charge in [-0.1, -0.05) is 41.0 Å². The topological polar surface area (TPSA) is 66.4 Å². The zero-order chi connectivity index (χ0) is 13.4. The lowest BCUT2D eigenvalue weighted by atomic mass is 10.0. The third-order valence-corrected chi connectivity index (χ3v) is 4.47. The third kappa shape index (κ3) is 2.31. The van der Waals surface area contributed by atoms with Crippen molar-refractivity contribution in [3.8, 4) is 0 Å². The summed E-state index contributed by atoms with van der Waals surface area (Å²) in [6.45, 7) is 10.1. The van der Waals surface area contributed by atoms with Gasteiger partial charge in [-0.15, -0.1) is 0 Å². The van der Waals surface area contributed by atoms with Gasteiger partial charge in [-0.2, -0.15) is 0 Å². The quantitative estimate of drug-likeness (QED) is 0.774.